The number of benzene rings is 3. The van der Waals surface area contributed by atoms with Gasteiger partial charge in [-0.2, -0.15) is 0 Å². The van der Waals surface area contributed by atoms with E-state index in [1.165, 1.54) is 6.33 Å². The minimum absolute atomic E-state index is 0.114. The molecular formula is C21H16ClN5O2. The number of fused-ring (bicyclic) bond motifs is 1. The zero-order valence-electron chi connectivity index (χ0n) is 15.2. The molecule has 0 saturated carbocycles. The van der Waals surface area contributed by atoms with Crippen LogP contribution in [0.2, 0.25) is 5.02 Å². The lowest BCUT2D eigenvalue weighted by Crippen LogP contribution is -2.08. The monoisotopic (exact) mass is 405 g/mol. The van der Waals surface area contributed by atoms with E-state index in [0.717, 1.165) is 22.0 Å². The summed E-state index contributed by atoms with van der Waals surface area (Å²) in [5, 5.41) is 20.4. The third-order valence-electron chi connectivity index (χ3n) is 4.45. The summed E-state index contributed by atoms with van der Waals surface area (Å²) in [6.07, 6.45) is 1.29. The van der Waals surface area contributed by atoms with Gasteiger partial charge in [0.2, 0.25) is 11.6 Å². The summed E-state index contributed by atoms with van der Waals surface area (Å²) < 4.78 is 0. The number of anilines is 3. The van der Waals surface area contributed by atoms with Crippen molar-refractivity contribution in [3.63, 3.8) is 0 Å². The summed E-state index contributed by atoms with van der Waals surface area (Å²) in [6, 6.07) is 20.8. The average molecular weight is 406 g/mol. The number of rotatable bonds is 6. The number of nitrogens with one attached hydrogen (secondary N) is 2. The summed E-state index contributed by atoms with van der Waals surface area (Å²) in [6.45, 7) is 0.297. The van der Waals surface area contributed by atoms with Crippen LogP contribution < -0.4 is 10.6 Å². The number of nitro groups is 1. The lowest BCUT2D eigenvalue weighted by molar-refractivity contribution is -0.383. The molecule has 144 valence electrons. The van der Waals surface area contributed by atoms with Crippen molar-refractivity contribution in [2.75, 3.05) is 10.6 Å². The van der Waals surface area contributed by atoms with Crippen molar-refractivity contribution in [3.8, 4) is 0 Å². The molecule has 0 amide bonds. The molecule has 0 saturated heterocycles. The van der Waals surface area contributed by atoms with Crippen molar-refractivity contribution in [3.05, 3.63) is 93.8 Å². The van der Waals surface area contributed by atoms with E-state index in [1.54, 1.807) is 6.07 Å². The molecule has 0 aliphatic carbocycles. The predicted molar refractivity (Wildman–Crippen MR) is 115 cm³/mol. The van der Waals surface area contributed by atoms with Crippen molar-refractivity contribution < 1.29 is 4.92 Å². The van der Waals surface area contributed by atoms with Crippen LogP contribution >= 0.6 is 11.6 Å². The highest BCUT2D eigenvalue weighted by atomic mass is 35.5. The molecule has 0 aliphatic rings. The maximum Gasteiger partial charge on any atom is 0.353 e. The van der Waals surface area contributed by atoms with Gasteiger partial charge in [0.1, 0.15) is 6.33 Å². The molecule has 29 heavy (non-hydrogen) atoms. The van der Waals surface area contributed by atoms with E-state index in [2.05, 4.69) is 20.6 Å². The zero-order valence-corrected chi connectivity index (χ0v) is 15.9. The Labute approximate surface area is 171 Å². The minimum atomic E-state index is -0.498. The van der Waals surface area contributed by atoms with E-state index in [-0.39, 0.29) is 17.3 Å². The Morgan fingerprint density at radius 1 is 0.931 bits per heavy atom. The van der Waals surface area contributed by atoms with Gasteiger partial charge in [-0.05, 0) is 23.1 Å². The first-order chi connectivity index (χ1) is 14.1. The Balaban J connectivity index is 1.68. The summed E-state index contributed by atoms with van der Waals surface area (Å²) in [5.41, 5.74) is 1.31. The highest BCUT2D eigenvalue weighted by molar-refractivity contribution is 6.31. The molecule has 0 spiro atoms. The number of halogens is 1. The van der Waals surface area contributed by atoms with Gasteiger partial charge in [0, 0.05) is 22.6 Å². The fraction of sp³-hybridized carbons (Fsp3) is 0.0476. The van der Waals surface area contributed by atoms with Crippen LogP contribution in [0.4, 0.5) is 23.0 Å². The third-order valence-corrected chi connectivity index (χ3v) is 4.82. The third kappa shape index (κ3) is 3.95. The maximum atomic E-state index is 11.8. The topological polar surface area (TPSA) is 93.0 Å². The van der Waals surface area contributed by atoms with Gasteiger partial charge in [0.15, 0.2) is 0 Å². The Kier molecular flexibility index (Phi) is 5.22. The normalized spacial score (nSPS) is 10.7. The Hall–Kier alpha value is -3.71. The van der Waals surface area contributed by atoms with Crippen LogP contribution in [0.5, 0.6) is 0 Å². The van der Waals surface area contributed by atoms with Crippen molar-refractivity contribution in [2.45, 2.75) is 6.54 Å². The number of aromatic nitrogens is 2. The Morgan fingerprint density at radius 3 is 2.48 bits per heavy atom. The second-order valence-electron chi connectivity index (χ2n) is 6.27. The van der Waals surface area contributed by atoms with Crippen LogP contribution in [-0.4, -0.2) is 14.9 Å². The van der Waals surface area contributed by atoms with Crippen LogP contribution in [0.1, 0.15) is 5.56 Å². The zero-order chi connectivity index (χ0) is 20.2. The van der Waals surface area contributed by atoms with E-state index in [0.29, 0.717) is 11.6 Å². The smallest absolute Gasteiger partial charge is 0.353 e. The van der Waals surface area contributed by atoms with E-state index in [1.807, 2.05) is 60.7 Å². The highest BCUT2D eigenvalue weighted by Crippen LogP contribution is 2.33. The van der Waals surface area contributed by atoms with Gasteiger partial charge in [-0.25, -0.2) is 9.97 Å². The molecular weight excluding hydrogens is 390 g/mol. The molecule has 0 atom stereocenters. The first-order valence-corrected chi connectivity index (χ1v) is 9.23. The van der Waals surface area contributed by atoms with Crippen molar-refractivity contribution in [2.24, 2.45) is 0 Å². The van der Waals surface area contributed by atoms with Crippen LogP contribution in [0.3, 0.4) is 0 Å². The highest BCUT2D eigenvalue weighted by Gasteiger charge is 2.23. The largest absolute Gasteiger partial charge is 0.360 e. The summed E-state index contributed by atoms with van der Waals surface area (Å²) in [5.74, 6) is 0.232. The standard InChI is InChI=1S/C21H16ClN5O2/c22-17-10-4-2-7-15(17)12-23-20-19(27(28)29)21(25-13-24-20)26-18-11-5-8-14-6-1-3-9-16(14)18/h1-11,13H,12H2,(H2,23,24,25,26). The second kappa shape index (κ2) is 8.12. The second-order valence-corrected chi connectivity index (χ2v) is 6.68. The lowest BCUT2D eigenvalue weighted by atomic mass is 10.1. The molecule has 4 aromatic rings. The van der Waals surface area contributed by atoms with Crippen LogP contribution in [0, 0.1) is 10.1 Å². The van der Waals surface area contributed by atoms with Gasteiger partial charge in [-0.1, -0.05) is 66.2 Å². The van der Waals surface area contributed by atoms with Crippen LogP contribution in [-0.2, 0) is 6.54 Å². The van der Waals surface area contributed by atoms with E-state index in [9.17, 15) is 10.1 Å². The summed E-state index contributed by atoms with van der Waals surface area (Å²) in [7, 11) is 0. The molecule has 0 fully saturated rings. The quantitative estimate of drug-likeness (QED) is 0.323. The summed E-state index contributed by atoms with van der Waals surface area (Å²) >= 11 is 6.17. The van der Waals surface area contributed by atoms with Crippen LogP contribution in [0.25, 0.3) is 10.8 Å². The minimum Gasteiger partial charge on any atom is -0.360 e. The molecule has 0 radical (unpaired) electrons. The average Bonchev–Trinajstić information content (AvgIpc) is 2.73. The number of hydrogen-bond donors (Lipinski definition) is 2. The van der Waals surface area contributed by atoms with Gasteiger partial charge >= 0.3 is 5.69 Å². The Morgan fingerprint density at radius 2 is 1.66 bits per heavy atom. The molecule has 8 heteroatoms. The molecule has 3 aromatic carbocycles. The molecule has 0 aliphatic heterocycles. The summed E-state index contributed by atoms with van der Waals surface area (Å²) in [4.78, 5) is 19.5. The molecule has 2 N–H and O–H groups in total. The fourth-order valence-electron chi connectivity index (χ4n) is 3.06. The molecule has 0 unspecified atom stereocenters. The van der Waals surface area contributed by atoms with Gasteiger partial charge in [0.25, 0.3) is 0 Å². The van der Waals surface area contributed by atoms with Gasteiger partial charge in [-0.3, -0.25) is 10.1 Å². The molecule has 4 rings (SSSR count). The number of nitrogens with zero attached hydrogens (tertiary/aromatic N) is 3. The van der Waals surface area contributed by atoms with Crippen molar-refractivity contribution in [1.29, 1.82) is 0 Å². The fourth-order valence-corrected chi connectivity index (χ4v) is 3.26. The van der Waals surface area contributed by atoms with E-state index < -0.39 is 4.92 Å². The van der Waals surface area contributed by atoms with E-state index >= 15 is 0 Å². The maximum absolute atomic E-state index is 11.8. The van der Waals surface area contributed by atoms with E-state index in [4.69, 9.17) is 11.6 Å². The van der Waals surface area contributed by atoms with Gasteiger partial charge < -0.3 is 10.6 Å². The molecule has 1 heterocycles. The molecule has 1 aromatic heterocycles. The van der Waals surface area contributed by atoms with Crippen molar-refractivity contribution >= 4 is 45.4 Å². The van der Waals surface area contributed by atoms with Gasteiger partial charge in [-0.15, -0.1) is 0 Å². The molecule has 0 bridgehead atoms. The predicted octanol–water partition coefficient (Wildman–Crippen LogP) is 5.55. The van der Waals surface area contributed by atoms with Gasteiger partial charge in [0.05, 0.1) is 4.92 Å². The number of hydrogen-bond acceptors (Lipinski definition) is 6. The molecule has 7 nitrogen and oxygen atoms in total. The van der Waals surface area contributed by atoms with Crippen LogP contribution in [0.15, 0.2) is 73.1 Å². The van der Waals surface area contributed by atoms with Crippen molar-refractivity contribution in [1.82, 2.24) is 9.97 Å². The lowest BCUT2D eigenvalue weighted by Gasteiger charge is -2.12. The first kappa shape index (κ1) is 18.6. The first-order valence-electron chi connectivity index (χ1n) is 8.85. The Bertz CT molecular complexity index is 1190. The SMILES string of the molecule is O=[N+]([O-])c1c(NCc2ccccc2Cl)ncnc1Nc1cccc2ccccc12.